The van der Waals surface area contributed by atoms with E-state index in [1.54, 1.807) is 25.1 Å². The van der Waals surface area contributed by atoms with Gasteiger partial charge in [0.05, 0.1) is 14.2 Å². The van der Waals surface area contributed by atoms with Crippen LogP contribution >= 0.6 is 0 Å². The van der Waals surface area contributed by atoms with E-state index in [0.29, 0.717) is 17.0 Å². The van der Waals surface area contributed by atoms with Crippen molar-refractivity contribution in [3.63, 3.8) is 0 Å². The number of rotatable bonds is 8. The summed E-state index contributed by atoms with van der Waals surface area (Å²) in [6.45, 7) is 1.53. The monoisotopic (exact) mass is 422 g/mol. The van der Waals surface area contributed by atoms with E-state index in [2.05, 4.69) is 14.8 Å². The molecule has 0 aliphatic carbocycles. The van der Waals surface area contributed by atoms with Crippen molar-refractivity contribution in [2.75, 3.05) is 33.2 Å². The van der Waals surface area contributed by atoms with Gasteiger partial charge in [0, 0.05) is 11.3 Å². The molecule has 2 rings (SSSR count). The van der Waals surface area contributed by atoms with Crippen molar-refractivity contribution < 1.29 is 32.2 Å². The van der Waals surface area contributed by atoms with Gasteiger partial charge in [0.15, 0.2) is 6.61 Å². The SMILES string of the molecule is CNS(=O)(=O)c1cc(C(=O)Nc2ccc(OCC(=O)OC)cc2C)ccc1OC. The standard InChI is InChI=1S/C19H22N2O7S/c1-12-9-14(28-11-18(22)27-4)6-7-15(12)21-19(23)13-5-8-16(26-3)17(10-13)29(24,25)20-2/h5-10,20H,11H2,1-4H3,(H,21,23). The maximum atomic E-state index is 12.6. The van der Waals surface area contributed by atoms with Crippen LogP contribution in [0.25, 0.3) is 0 Å². The summed E-state index contributed by atoms with van der Waals surface area (Å²) in [6, 6.07) is 8.99. The van der Waals surface area contributed by atoms with Gasteiger partial charge in [-0.25, -0.2) is 17.9 Å². The minimum absolute atomic E-state index is 0.124. The number of amides is 1. The molecule has 0 aromatic heterocycles. The summed E-state index contributed by atoms with van der Waals surface area (Å²) in [4.78, 5) is 23.6. The van der Waals surface area contributed by atoms with Gasteiger partial charge in [0.25, 0.3) is 5.91 Å². The third kappa shape index (κ3) is 5.46. The number of sulfonamides is 1. The van der Waals surface area contributed by atoms with Crippen molar-refractivity contribution in [2.45, 2.75) is 11.8 Å². The second-order valence-electron chi connectivity index (χ2n) is 5.87. The van der Waals surface area contributed by atoms with E-state index >= 15 is 0 Å². The number of carbonyl (C=O) groups excluding carboxylic acids is 2. The van der Waals surface area contributed by atoms with Crippen LogP contribution in [0.5, 0.6) is 11.5 Å². The Morgan fingerprint density at radius 1 is 1.07 bits per heavy atom. The van der Waals surface area contributed by atoms with Crippen LogP contribution in [0.3, 0.4) is 0 Å². The molecule has 2 N–H and O–H groups in total. The molecule has 0 atom stereocenters. The van der Waals surface area contributed by atoms with Crippen molar-refractivity contribution in [1.29, 1.82) is 0 Å². The minimum atomic E-state index is -3.81. The maximum absolute atomic E-state index is 12.6. The number of hydrogen-bond donors (Lipinski definition) is 2. The molecule has 1 amide bonds. The number of ether oxygens (including phenoxy) is 3. The summed E-state index contributed by atoms with van der Waals surface area (Å²) in [6.07, 6.45) is 0. The number of hydrogen-bond acceptors (Lipinski definition) is 7. The zero-order valence-corrected chi connectivity index (χ0v) is 17.3. The van der Waals surface area contributed by atoms with E-state index in [9.17, 15) is 18.0 Å². The van der Waals surface area contributed by atoms with E-state index in [4.69, 9.17) is 9.47 Å². The average molecular weight is 422 g/mol. The fourth-order valence-corrected chi connectivity index (χ4v) is 3.32. The van der Waals surface area contributed by atoms with E-state index in [-0.39, 0.29) is 22.8 Å². The Morgan fingerprint density at radius 2 is 1.79 bits per heavy atom. The molecule has 0 spiro atoms. The zero-order chi connectivity index (χ0) is 21.6. The molecule has 156 valence electrons. The summed E-state index contributed by atoms with van der Waals surface area (Å²) < 4.78 is 41.4. The first kappa shape index (κ1) is 22.2. The van der Waals surface area contributed by atoms with Crippen LogP contribution in [0, 0.1) is 6.92 Å². The van der Waals surface area contributed by atoms with Crippen molar-refractivity contribution in [1.82, 2.24) is 4.72 Å². The summed E-state index contributed by atoms with van der Waals surface area (Å²) in [5.74, 6) is -0.435. The lowest BCUT2D eigenvalue weighted by molar-refractivity contribution is -0.142. The predicted molar refractivity (Wildman–Crippen MR) is 106 cm³/mol. The molecule has 2 aromatic rings. The first-order valence-corrected chi connectivity index (χ1v) is 9.93. The van der Waals surface area contributed by atoms with Crippen molar-refractivity contribution in [3.05, 3.63) is 47.5 Å². The van der Waals surface area contributed by atoms with Gasteiger partial charge in [-0.1, -0.05) is 0 Å². The van der Waals surface area contributed by atoms with Crippen LogP contribution in [0.2, 0.25) is 0 Å². The van der Waals surface area contributed by atoms with Gasteiger partial charge < -0.3 is 19.5 Å². The molecule has 0 saturated carbocycles. The fourth-order valence-electron chi connectivity index (χ4n) is 2.40. The molecule has 10 heteroatoms. The lowest BCUT2D eigenvalue weighted by Gasteiger charge is -2.13. The molecule has 2 aromatic carbocycles. The number of benzene rings is 2. The average Bonchev–Trinajstić information content (AvgIpc) is 2.72. The third-order valence-electron chi connectivity index (χ3n) is 4.01. The van der Waals surface area contributed by atoms with Crippen molar-refractivity contribution >= 4 is 27.6 Å². The Bertz CT molecular complexity index is 1020. The highest BCUT2D eigenvalue weighted by Crippen LogP contribution is 2.26. The second kappa shape index (κ2) is 9.39. The number of nitrogens with one attached hydrogen (secondary N) is 2. The number of carbonyl (C=O) groups is 2. The highest BCUT2D eigenvalue weighted by atomic mass is 32.2. The highest BCUT2D eigenvalue weighted by molar-refractivity contribution is 7.89. The molecule has 0 bridgehead atoms. The van der Waals surface area contributed by atoms with E-state index in [1.807, 2.05) is 0 Å². The van der Waals surface area contributed by atoms with Crippen LogP contribution in [0.4, 0.5) is 5.69 Å². The lowest BCUT2D eigenvalue weighted by Crippen LogP contribution is -2.20. The zero-order valence-electron chi connectivity index (χ0n) is 16.4. The molecule has 29 heavy (non-hydrogen) atoms. The normalized spacial score (nSPS) is 10.9. The van der Waals surface area contributed by atoms with Gasteiger partial charge >= 0.3 is 5.97 Å². The van der Waals surface area contributed by atoms with Gasteiger partial charge in [0.2, 0.25) is 10.0 Å². The Morgan fingerprint density at radius 3 is 2.38 bits per heavy atom. The fraction of sp³-hybridized carbons (Fsp3) is 0.263. The summed E-state index contributed by atoms with van der Waals surface area (Å²) >= 11 is 0. The number of methoxy groups -OCH3 is 2. The molecular weight excluding hydrogens is 400 g/mol. The van der Waals surface area contributed by atoms with E-state index in [0.717, 1.165) is 0 Å². The Kier molecular flexibility index (Phi) is 7.18. The second-order valence-corrected chi connectivity index (χ2v) is 7.72. The predicted octanol–water partition coefficient (Wildman–Crippen LogP) is 1.72. The lowest BCUT2D eigenvalue weighted by atomic mass is 10.1. The number of esters is 1. The third-order valence-corrected chi connectivity index (χ3v) is 5.45. The summed E-state index contributed by atoms with van der Waals surface area (Å²) in [7, 11) is 0.0740. The molecular formula is C19H22N2O7S. The first-order chi connectivity index (χ1) is 13.7. The highest BCUT2D eigenvalue weighted by Gasteiger charge is 2.20. The van der Waals surface area contributed by atoms with Crippen molar-refractivity contribution in [2.24, 2.45) is 0 Å². The molecule has 0 aliphatic rings. The topological polar surface area (TPSA) is 120 Å². The first-order valence-electron chi connectivity index (χ1n) is 8.45. The summed E-state index contributed by atoms with van der Waals surface area (Å²) in [5.41, 5.74) is 1.34. The van der Waals surface area contributed by atoms with Crippen molar-refractivity contribution in [3.8, 4) is 11.5 Å². The molecule has 0 heterocycles. The minimum Gasteiger partial charge on any atom is -0.495 e. The van der Waals surface area contributed by atoms with Gasteiger partial charge in [-0.2, -0.15) is 0 Å². The van der Waals surface area contributed by atoms with Crippen LogP contribution in [0.1, 0.15) is 15.9 Å². The van der Waals surface area contributed by atoms with Crippen LogP contribution < -0.4 is 19.5 Å². The molecule has 0 unspecified atom stereocenters. The van der Waals surface area contributed by atoms with E-state index < -0.39 is 21.9 Å². The largest absolute Gasteiger partial charge is 0.495 e. The molecule has 0 saturated heterocycles. The van der Waals surface area contributed by atoms with Crippen LogP contribution in [-0.2, 0) is 19.6 Å². The Labute approximate surface area is 169 Å². The quantitative estimate of drug-likeness (QED) is 0.622. The molecule has 0 radical (unpaired) electrons. The van der Waals surface area contributed by atoms with Crippen LogP contribution in [-0.4, -0.2) is 48.2 Å². The summed E-state index contributed by atoms with van der Waals surface area (Å²) in [5, 5.41) is 2.72. The Hall–Kier alpha value is -3.11. The Balaban J connectivity index is 2.22. The molecule has 9 nitrogen and oxygen atoms in total. The van der Waals surface area contributed by atoms with Gasteiger partial charge in [-0.3, -0.25) is 4.79 Å². The molecule has 0 fully saturated rings. The van der Waals surface area contributed by atoms with Gasteiger partial charge in [-0.15, -0.1) is 0 Å². The number of aryl methyl sites for hydroxylation is 1. The van der Waals surface area contributed by atoms with Gasteiger partial charge in [0.1, 0.15) is 16.4 Å². The molecule has 0 aliphatic heterocycles. The van der Waals surface area contributed by atoms with Crippen LogP contribution in [0.15, 0.2) is 41.3 Å². The van der Waals surface area contributed by atoms with E-state index in [1.165, 1.54) is 39.5 Å². The maximum Gasteiger partial charge on any atom is 0.343 e. The van der Waals surface area contributed by atoms with Gasteiger partial charge in [-0.05, 0) is 55.9 Å². The number of anilines is 1. The smallest absolute Gasteiger partial charge is 0.343 e.